The minimum absolute atomic E-state index is 0.00120. The molecular formula is C11H13FN2O. The van der Waals surface area contributed by atoms with E-state index in [9.17, 15) is 9.18 Å². The zero-order chi connectivity index (χ0) is 10.8. The van der Waals surface area contributed by atoms with Crippen LogP contribution in [0.1, 0.15) is 11.1 Å². The van der Waals surface area contributed by atoms with Crippen LogP contribution in [0.15, 0.2) is 18.2 Å². The normalized spacial score (nSPS) is 18.7. The molecule has 80 valence electrons. The standard InChI is InChI=1S/C11H13FN2O/c12-9-2-1-7-4-10(5-8(7)3-9)14-11(15)6-13/h1-3,10H,4-6,13H2,(H,14,15). The van der Waals surface area contributed by atoms with Crippen molar-refractivity contribution in [1.82, 2.24) is 5.32 Å². The van der Waals surface area contributed by atoms with Crippen molar-refractivity contribution in [3.8, 4) is 0 Å². The summed E-state index contributed by atoms with van der Waals surface area (Å²) < 4.78 is 12.9. The van der Waals surface area contributed by atoms with Gasteiger partial charge in [0, 0.05) is 6.04 Å². The number of nitrogens with two attached hydrogens (primary N) is 1. The molecule has 1 unspecified atom stereocenters. The van der Waals surface area contributed by atoms with Crippen molar-refractivity contribution in [2.75, 3.05) is 6.54 Å². The molecule has 0 aromatic heterocycles. The van der Waals surface area contributed by atoms with Crippen LogP contribution in [-0.2, 0) is 17.6 Å². The molecule has 0 bridgehead atoms. The van der Waals surface area contributed by atoms with Gasteiger partial charge in [0.15, 0.2) is 0 Å². The molecule has 0 radical (unpaired) electrons. The number of nitrogens with one attached hydrogen (secondary N) is 1. The lowest BCUT2D eigenvalue weighted by atomic mass is 10.1. The second-order valence-corrected chi connectivity index (χ2v) is 3.79. The first-order chi connectivity index (χ1) is 7.19. The van der Waals surface area contributed by atoms with E-state index >= 15 is 0 Å². The largest absolute Gasteiger partial charge is 0.352 e. The SMILES string of the molecule is NCC(=O)NC1Cc2ccc(F)cc2C1. The lowest BCUT2D eigenvalue weighted by Crippen LogP contribution is -2.39. The molecule has 0 heterocycles. The van der Waals surface area contributed by atoms with E-state index in [0.717, 1.165) is 17.5 Å². The average molecular weight is 208 g/mol. The molecule has 0 aliphatic heterocycles. The summed E-state index contributed by atoms with van der Waals surface area (Å²) in [5, 5.41) is 2.81. The van der Waals surface area contributed by atoms with E-state index in [1.165, 1.54) is 12.1 Å². The molecule has 0 saturated heterocycles. The Hall–Kier alpha value is -1.42. The number of benzene rings is 1. The number of rotatable bonds is 2. The summed E-state index contributed by atoms with van der Waals surface area (Å²) in [6.45, 7) is 0.00120. The van der Waals surface area contributed by atoms with E-state index in [0.29, 0.717) is 6.42 Å². The van der Waals surface area contributed by atoms with Crippen molar-refractivity contribution in [3.63, 3.8) is 0 Å². The van der Waals surface area contributed by atoms with Crippen LogP contribution >= 0.6 is 0 Å². The molecule has 1 atom stereocenters. The highest BCUT2D eigenvalue weighted by molar-refractivity contribution is 5.78. The summed E-state index contributed by atoms with van der Waals surface area (Å²) >= 11 is 0. The Bertz CT molecular complexity index is 392. The van der Waals surface area contributed by atoms with E-state index < -0.39 is 0 Å². The van der Waals surface area contributed by atoms with Crippen LogP contribution in [-0.4, -0.2) is 18.5 Å². The van der Waals surface area contributed by atoms with Crippen molar-refractivity contribution in [1.29, 1.82) is 0 Å². The molecule has 15 heavy (non-hydrogen) atoms. The molecule has 1 aromatic carbocycles. The molecule has 0 spiro atoms. The maximum Gasteiger partial charge on any atom is 0.233 e. The van der Waals surface area contributed by atoms with E-state index in [-0.39, 0.29) is 24.3 Å². The number of amides is 1. The fourth-order valence-corrected chi connectivity index (χ4v) is 1.98. The lowest BCUT2D eigenvalue weighted by Gasteiger charge is -2.10. The molecule has 1 aromatic rings. The third-order valence-electron chi connectivity index (χ3n) is 2.65. The van der Waals surface area contributed by atoms with Crippen LogP contribution < -0.4 is 11.1 Å². The van der Waals surface area contributed by atoms with Gasteiger partial charge in [-0.2, -0.15) is 0 Å². The summed E-state index contributed by atoms with van der Waals surface area (Å²) in [6.07, 6.45) is 1.46. The van der Waals surface area contributed by atoms with Gasteiger partial charge in [-0.3, -0.25) is 4.79 Å². The van der Waals surface area contributed by atoms with Gasteiger partial charge in [-0.05, 0) is 36.1 Å². The zero-order valence-corrected chi connectivity index (χ0v) is 8.29. The number of hydrogen-bond donors (Lipinski definition) is 2. The number of hydrogen-bond acceptors (Lipinski definition) is 2. The van der Waals surface area contributed by atoms with Crippen LogP contribution in [0.25, 0.3) is 0 Å². The quantitative estimate of drug-likeness (QED) is 0.737. The third kappa shape index (κ3) is 2.15. The monoisotopic (exact) mass is 208 g/mol. The summed E-state index contributed by atoms with van der Waals surface area (Å²) in [4.78, 5) is 11.1. The van der Waals surface area contributed by atoms with E-state index in [4.69, 9.17) is 5.73 Å². The minimum Gasteiger partial charge on any atom is -0.352 e. The fraction of sp³-hybridized carbons (Fsp3) is 0.364. The summed E-state index contributed by atoms with van der Waals surface area (Å²) in [6, 6.07) is 4.83. The highest BCUT2D eigenvalue weighted by Gasteiger charge is 2.22. The van der Waals surface area contributed by atoms with Gasteiger partial charge >= 0.3 is 0 Å². The Balaban J connectivity index is 2.06. The van der Waals surface area contributed by atoms with Crippen LogP contribution in [0.3, 0.4) is 0 Å². The second kappa shape index (κ2) is 3.98. The fourth-order valence-electron chi connectivity index (χ4n) is 1.98. The van der Waals surface area contributed by atoms with E-state index in [1.807, 2.05) is 0 Å². The Labute approximate surface area is 87.5 Å². The molecule has 2 rings (SSSR count). The second-order valence-electron chi connectivity index (χ2n) is 3.79. The Morgan fingerprint density at radius 2 is 2.20 bits per heavy atom. The van der Waals surface area contributed by atoms with E-state index in [1.54, 1.807) is 6.07 Å². The number of carbonyl (C=O) groups excluding carboxylic acids is 1. The summed E-state index contributed by atoms with van der Waals surface area (Å²) in [5.41, 5.74) is 7.30. The van der Waals surface area contributed by atoms with Gasteiger partial charge < -0.3 is 11.1 Å². The highest BCUT2D eigenvalue weighted by atomic mass is 19.1. The van der Waals surface area contributed by atoms with Gasteiger partial charge in [-0.1, -0.05) is 6.07 Å². The topological polar surface area (TPSA) is 55.1 Å². The highest BCUT2D eigenvalue weighted by Crippen LogP contribution is 2.22. The predicted octanol–water partition coefficient (Wildman–Crippen LogP) is 0.368. The number of halogens is 1. The molecule has 3 N–H and O–H groups in total. The van der Waals surface area contributed by atoms with Gasteiger partial charge in [0.25, 0.3) is 0 Å². The van der Waals surface area contributed by atoms with Crippen molar-refractivity contribution in [2.45, 2.75) is 18.9 Å². The van der Waals surface area contributed by atoms with Crippen LogP contribution in [0.4, 0.5) is 4.39 Å². The Morgan fingerprint density at radius 1 is 1.47 bits per heavy atom. The van der Waals surface area contributed by atoms with Crippen LogP contribution in [0.5, 0.6) is 0 Å². The van der Waals surface area contributed by atoms with E-state index in [2.05, 4.69) is 5.32 Å². The smallest absolute Gasteiger partial charge is 0.233 e. The Morgan fingerprint density at radius 3 is 2.93 bits per heavy atom. The molecule has 1 aliphatic carbocycles. The minimum atomic E-state index is -0.223. The lowest BCUT2D eigenvalue weighted by molar-refractivity contribution is -0.120. The van der Waals surface area contributed by atoms with Gasteiger partial charge in [0.1, 0.15) is 5.82 Å². The number of carbonyl (C=O) groups is 1. The average Bonchev–Trinajstić information content (AvgIpc) is 2.59. The molecule has 0 saturated carbocycles. The van der Waals surface area contributed by atoms with Crippen molar-refractivity contribution in [2.24, 2.45) is 5.73 Å². The summed E-state index contributed by atoms with van der Waals surface area (Å²) in [5.74, 6) is -0.382. The maximum atomic E-state index is 12.9. The zero-order valence-electron chi connectivity index (χ0n) is 8.29. The van der Waals surface area contributed by atoms with Gasteiger partial charge in [-0.25, -0.2) is 4.39 Å². The van der Waals surface area contributed by atoms with Gasteiger partial charge in [0.2, 0.25) is 5.91 Å². The van der Waals surface area contributed by atoms with Crippen LogP contribution in [0.2, 0.25) is 0 Å². The number of fused-ring (bicyclic) bond motifs is 1. The summed E-state index contributed by atoms with van der Waals surface area (Å²) in [7, 11) is 0. The van der Waals surface area contributed by atoms with Crippen molar-refractivity contribution >= 4 is 5.91 Å². The van der Waals surface area contributed by atoms with Gasteiger partial charge in [0.05, 0.1) is 6.54 Å². The maximum absolute atomic E-state index is 12.9. The first kappa shape index (κ1) is 10.1. The molecule has 3 nitrogen and oxygen atoms in total. The third-order valence-corrected chi connectivity index (χ3v) is 2.65. The van der Waals surface area contributed by atoms with Gasteiger partial charge in [-0.15, -0.1) is 0 Å². The molecule has 1 aliphatic rings. The van der Waals surface area contributed by atoms with Crippen molar-refractivity contribution < 1.29 is 9.18 Å². The molecule has 0 fully saturated rings. The molecule has 1 amide bonds. The first-order valence-electron chi connectivity index (χ1n) is 4.96. The molecule has 4 heteroatoms. The predicted molar refractivity (Wildman–Crippen MR) is 54.8 cm³/mol. The van der Waals surface area contributed by atoms with Crippen molar-refractivity contribution in [3.05, 3.63) is 35.1 Å². The Kier molecular flexibility index (Phi) is 2.68. The first-order valence-corrected chi connectivity index (χ1v) is 4.96. The van der Waals surface area contributed by atoms with Crippen LogP contribution in [0, 0.1) is 5.82 Å². The molecular weight excluding hydrogens is 195 g/mol.